The second-order valence-electron chi connectivity index (χ2n) is 3.51. The summed E-state index contributed by atoms with van der Waals surface area (Å²) in [5, 5.41) is 9.84. The van der Waals surface area contributed by atoms with Crippen LogP contribution in [0.5, 0.6) is 0 Å². The van der Waals surface area contributed by atoms with Gasteiger partial charge in [-0.2, -0.15) is 0 Å². The Bertz CT molecular complexity index is 426. The number of rotatable bonds is 1. The van der Waals surface area contributed by atoms with Crippen LogP contribution in [0.4, 0.5) is 5.69 Å². The molecular formula is C11H13N3O. The number of nitrogens with zero attached hydrogens (tertiary/aromatic N) is 2. The number of aliphatic hydroxyl groups is 1. The normalized spacial score (nSPS) is 20.3. The molecule has 0 saturated carbocycles. The highest BCUT2D eigenvalue weighted by atomic mass is 16.3. The summed E-state index contributed by atoms with van der Waals surface area (Å²) in [5.74, 6) is 0. The van der Waals surface area contributed by atoms with Gasteiger partial charge in [0.15, 0.2) is 6.23 Å². The van der Waals surface area contributed by atoms with Gasteiger partial charge in [-0.15, -0.1) is 0 Å². The number of nitrogens with two attached hydrogens (primary N) is 1. The van der Waals surface area contributed by atoms with Crippen LogP contribution in [0.2, 0.25) is 0 Å². The first-order valence-corrected chi connectivity index (χ1v) is 4.70. The first-order valence-electron chi connectivity index (χ1n) is 4.70. The van der Waals surface area contributed by atoms with Crippen molar-refractivity contribution in [2.45, 2.75) is 13.2 Å². The molecule has 0 saturated heterocycles. The SMILES string of the molecule is Cc1cncc(N2C=CC=C(N)C2O)c1. The molecule has 0 fully saturated rings. The molecule has 1 unspecified atom stereocenters. The molecule has 4 heteroatoms. The summed E-state index contributed by atoms with van der Waals surface area (Å²) in [6.45, 7) is 1.95. The summed E-state index contributed by atoms with van der Waals surface area (Å²) < 4.78 is 0. The van der Waals surface area contributed by atoms with Crippen LogP contribution in [0.1, 0.15) is 5.56 Å². The lowest BCUT2D eigenvalue weighted by Crippen LogP contribution is -2.36. The molecule has 3 N–H and O–H groups in total. The van der Waals surface area contributed by atoms with E-state index in [4.69, 9.17) is 5.73 Å². The van der Waals surface area contributed by atoms with Gasteiger partial charge in [-0.1, -0.05) is 0 Å². The summed E-state index contributed by atoms with van der Waals surface area (Å²) in [6.07, 6.45) is 7.91. The molecule has 0 aromatic carbocycles. The van der Waals surface area contributed by atoms with Gasteiger partial charge in [-0.25, -0.2) is 0 Å². The van der Waals surface area contributed by atoms with E-state index in [2.05, 4.69) is 4.98 Å². The van der Waals surface area contributed by atoms with Crippen molar-refractivity contribution in [3.8, 4) is 0 Å². The lowest BCUT2D eigenvalue weighted by Gasteiger charge is -2.28. The van der Waals surface area contributed by atoms with E-state index in [1.165, 1.54) is 0 Å². The minimum absolute atomic E-state index is 0.430. The first kappa shape index (κ1) is 9.73. The number of allylic oxidation sites excluding steroid dienone is 2. The van der Waals surface area contributed by atoms with E-state index in [-0.39, 0.29) is 0 Å². The van der Waals surface area contributed by atoms with E-state index in [0.717, 1.165) is 11.3 Å². The van der Waals surface area contributed by atoms with Crippen molar-refractivity contribution in [3.05, 3.63) is 48.1 Å². The highest BCUT2D eigenvalue weighted by molar-refractivity contribution is 5.52. The van der Waals surface area contributed by atoms with Crippen molar-refractivity contribution in [2.24, 2.45) is 5.73 Å². The van der Waals surface area contributed by atoms with Crippen LogP contribution in [-0.4, -0.2) is 16.3 Å². The van der Waals surface area contributed by atoms with Crippen LogP contribution in [0.3, 0.4) is 0 Å². The Kier molecular flexibility index (Phi) is 2.43. The average molecular weight is 203 g/mol. The van der Waals surface area contributed by atoms with Gasteiger partial charge in [-0.05, 0) is 30.7 Å². The fourth-order valence-electron chi connectivity index (χ4n) is 1.48. The minimum atomic E-state index is -0.807. The molecule has 0 amide bonds. The molecular weight excluding hydrogens is 190 g/mol. The van der Waals surface area contributed by atoms with E-state index in [0.29, 0.717) is 5.70 Å². The van der Waals surface area contributed by atoms with Crippen molar-refractivity contribution in [2.75, 3.05) is 4.90 Å². The van der Waals surface area contributed by atoms with Crippen LogP contribution >= 0.6 is 0 Å². The van der Waals surface area contributed by atoms with Crippen molar-refractivity contribution < 1.29 is 5.11 Å². The number of pyridine rings is 1. The maximum absolute atomic E-state index is 9.84. The Morgan fingerprint density at radius 1 is 1.47 bits per heavy atom. The van der Waals surface area contributed by atoms with Gasteiger partial charge in [0, 0.05) is 12.4 Å². The van der Waals surface area contributed by atoms with E-state index in [1.807, 2.05) is 13.0 Å². The van der Waals surface area contributed by atoms with Gasteiger partial charge in [0.25, 0.3) is 0 Å². The monoisotopic (exact) mass is 203 g/mol. The number of hydrogen-bond donors (Lipinski definition) is 2. The number of anilines is 1. The van der Waals surface area contributed by atoms with Gasteiger partial charge in [0.2, 0.25) is 0 Å². The van der Waals surface area contributed by atoms with Crippen molar-refractivity contribution >= 4 is 5.69 Å². The fourth-order valence-corrected chi connectivity index (χ4v) is 1.48. The van der Waals surface area contributed by atoms with Crippen molar-refractivity contribution in [1.29, 1.82) is 0 Å². The number of aryl methyl sites for hydroxylation is 1. The topological polar surface area (TPSA) is 62.4 Å². The molecule has 0 spiro atoms. The van der Waals surface area contributed by atoms with Gasteiger partial charge < -0.3 is 15.7 Å². The molecule has 1 aromatic rings. The van der Waals surface area contributed by atoms with Gasteiger partial charge in [-0.3, -0.25) is 4.98 Å². The summed E-state index contributed by atoms with van der Waals surface area (Å²) in [7, 11) is 0. The van der Waals surface area contributed by atoms with E-state index < -0.39 is 6.23 Å². The fraction of sp³-hybridized carbons (Fsp3) is 0.182. The molecule has 0 aliphatic carbocycles. The Morgan fingerprint density at radius 3 is 3.00 bits per heavy atom. The molecule has 0 bridgehead atoms. The summed E-state index contributed by atoms with van der Waals surface area (Å²) in [6, 6.07) is 1.94. The number of aliphatic hydroxyl groups excluding tert-OH is 1. The van der Waals surface area contributed by atoms with E-state index in [9.17, 15) is 5.11 Å². The van der Waals surface area contributed by atoms with E-state index >= 15 is 0 Å². The third-order valence-electron chi connectivity index (χ3n) is 2.26. The lowest BCUT2D eigenvalue weighted by molar-refractivity contribution is 0.212. The summed E-state index contributed by atoms with van der Waals surface area (Å²) in [5.41, 5.74) is 7.94. The van der Waals surface area contributed by atoms with Crippen LogP contribution < -0.4 is 10.6 Å². The van der Waals surface area contributed by atoms with Gasteiger partial charge in [0.1, 0.15) is 0 Å². The predicted octanol–water partition coefficient (Wildman–Crippen LogP) is 0.885. The third-order valence-corrected chi connectivity index (χ3v) is 2.26. The zero-order valence-corrected chi connectivity index (χ0v) is 8.46. The zero-order valence-electron chi connectivity index (χ0n) is 8.46. The maximum atomic E-state index is 9.84. The smallest absolute Gasteiger partial charge is 0.171 e. The molecule has 15 heavy (non-hydrogen) atoms. The number of hydrogen-bond acceptors (Lipinski definition) is 4. The van der Waals surface area contributed by atoms with Crippen LogP contribution in [0, 0.1) is 6.92 Å². The van der Waals surface area contributed by atoms with Crippen LogP contribution in [0.25, 0.3) is 0 Å². The molecule has 2 rings (SSSR count). The maximum Gasteiger partial charge on any atom is 0.171 e. The molecule has 4 nitrogen and oxygen atoms in total. The molecule has 2 heterocycles. The molecule has 1 atom stereocenters. The highest BCUT2D eigenvalue weighted by Crippen LogP contribution is 2.21. The molecule has 0 radical (unpaired) electrons. The molecule has 1 aliphatic heterocycles. The third kappa shape index (κ3) is 1.85. The first-order chi connectivity index (χ1) is 7.18. The highest BCUT2D eigenvalue weighted by Gasteiger charge is 2.18. The Balaban J connectivity index is 2.33. The average Bonchev–Trinajstić information content (AvgIpc) is 2.22. The lowest BCUT2D eigenvalue weighted by atomic mass is 10.2. The van der Waals surface area contributed by atoms with Gasteiger partial charge in [0.05, 0.1) is 17.6 Å². The minimum Gasteiger partial charge on any atom is -0.398 e. The summed E-state index contributed by atoms with van der Waals surface area (Å²) in [4.78, 5) is 5.75. The van der Waals surface area contributed by atoms with Crippen molar-refractivity contribution in [3.63, 3.8) is 0 Å². The number of aromatic nitrogens is 1. The van der Waals surface area contributed by atoms with Gasteiger partial charge >= 0.3 is 0 Å². The molecule has 1 aromatic heterocycles. The Hall–Kier alpha value is -1.81. The van der Waals surface area contributed by atoms with Crippen LogP contribution in [0.15, 0.2) is 42.5 Å². The summed E-state index contributed by atoms with van der Waals surface area (Å²) >= 11 is 0. The Morgan fingerprint density at radius 2 is 2.27 bits per heavy atom. The molecule has 78 valence electrons. The second kappa shape index (κ2) is 3.74. The molecule has 1 aliphatic rings. The Labute approximate surface area is 88.3 Å². The second-order valence-corrected chi connectivity index (χ2v) is 3.51. The van der Waals surface area contributed by atoms with Crippen LogP contribution in [-0.2, 0) is 0 Å². The van der Waals surface area contributed by atoms with E-state index in [1.54, 1.807) is 35.6 Å². The largest absolute Gasteiger partial charge is 0.398 e. The zero-order chi connectivity index (χ0) is 10.8. The van der Waals surface area contributed by atoms with Crippen molar-refractivity contribution in [1.82, 2.24) is 4.98 Å². The predicted molar refractivity (Wildman–Crippen MR) is 58.9 cm³/mol. The quantitative estimate of drug-likeness (QED) is 0.711. The standard InChI is InChI=1S/C11H13N3O/c1-8-5-9(7-13-6-8)14-4-2-3-10(12)11(14)15/h2-7,11,15H,12H2,1H3.